The van der Waals surface area contributed by atoms with Crippen LogP contribution in [0.5, 0.6) is 0 Å². The van der Waals surface area contributed by atoms with E-state index in [9.17, 15) is 4.79 Å². The van der Waals surface area contributed by atoms with E-state index < -0.39 is 0 Å². The number of hydrogen-bond donors (Lipinski definition) is 0. The van der Waals surface area contributed by atoms with Crippen LogP contribution in [0, 0.1) is 0 Å². The molecule has 0 bridgehead atoms. The van der Waals surface area contributed by atoms with Gasteiger partial charge in [-0.2, -0.15) is 0 Å². The third-order valence-corrected chi connectivity index (χ3v) is 4.25. The van der Waals surface area contributed by atoms with Crippen LogP contribution in [0.3, 0.4) is 0 Å². The van der Waals surface area contributed by atoms with Crippen molar-refractivity contribution < 1.29 is 4.79 Å². The van der Waals surface area contributed by atoms with E-state index in [-0.39, 0.29) is 20.9 Å². The summed E-state index contributed by atoms with van der Waals surface area (Å²) in [5.41, 5.74) is 1.69. The molecule has 0 aliphatic carbocycles. The Balaban J connectivity index is 2.80. The van der Waals surface area contributed by atoms with E-state index in [2.05, 4.69) is 0 Å². The van der Waals surface area contributed by atoms with Crippen molar-refractivity contribution in [2.24, 2.45) is 0 Å². The molecule has 19 heavy (non-hydrogen) atoms. The summed E-state index contributed by atoms with van der Waals surface area (Å²) in [4.78, 5) is 11.7. The Morgan fingerprint density at radius 3 is 2.21 bits per heavy atom. The number of carbonyl (C=O) groups is 1. The molecule has 0 heterocycles. The van der Waals surface area contributed by atoms with E-state index in [0.717, 1.165) is 0 Å². The van der Waals surface area contributed by atoms with Crippen LogP contribution in [-0.2, 0) is 0 Å². The molecule has 2 aromatic rings. The lowest BCUT2D eigenvalue weighted by Crippen LogP contribution is -1.97. The number of carbonyl (C=O) groups excluding carboxylic acids is 1. The van der Waals surface area contributed by atoms with Crippen LogP contribution in [-0.4, -0.2) is 5.78 Å². The van der Waals surface area contributed by atoms with E-state index >= 15 is 0 Å². The summed E-state index contributed by atoms with van der Waals surface area (Å²) >= 11 is 24.3. The van der Waals surface area contributed by atoms with Crippen molar-refractivity contribution in [2.45, 2.75) is 6.92 Å². The van der Waals surface area contributed by atoms with Gasteiger partial charge >= 0.3 is 0 Å². The Morgan fingerprint density at radius 1 is 0.947 bits per heavy atom. The molecule has 2 rings (SSSR count). The summed E-state index contributed by atoms with van der Waals surface area (Å²) in [6.45, 7) is 1.48. The molecule has 0 aromatic heterocycles. The van der Waals surface area contributed by atoms with Crippen molar-refractivity contribution in [1.29, 1.82) is 0 Å². The van der Waals surface area contributed by atoms with Gasteiger partial charge in [-0.15, -0.1) is 0 Å². The van der Waals surface area contributed by atoms with Gasteiger partial charge in [-0.3, -0.25) is 4.79 Å². The Morgan fingerprint density at radius 2 is 1.58 bits per heavy atom. The average Bonchev–Trinajstić information content (AvgIpc) is 2.36. The Kier molecular flexibility index (Phi) is 4.42. The molecule has 0 aliphatic rings. The summed E-state index contributed by atoms with van der Waals surface area (Å²) in [7, 11) is 0. The molecule has 0 unspecified atom stereocenters. The molecule has 0 saturated carbocycles. The van der Waals surface area contributed by atoms with Gasteiger partial charge in [0.05, 0.1) is 20.1 Å². The summed E-state index contributed by atoms with van der Waals surface area (Å²) in [6, 6.07) is 8.58. The van der Waals surface area contributed by atoms with Crippen molar-refractivity contribution in [3.63, 3.8) is 0 Å². The lowest BCUT2D eigenvalue weighted by Gasteiger charge is -2.13. The lowest BCUT2D eigenvalue weighted by atomic mass is 9.97. The molecule has 5 heteroatoms. The molecule has 0 spiro atoms. The van der Waals surface area contributed by atoms with Crippen LogP contribution in [0.2, 0.25) is 20.1 Å². The maximum absolute atomic E-state index is 11.7. The quantitative estimate of drug-likeness (QED) is 0.365. The Hall–Kier alpha value is -0.730. The smallest absolute Gasteiger partial charge is 0.160 e. The molecule has 0 saturated heterocycles. The van der Waals surface area contributed by atoms with Crippen molar-refractivity contribution in [3.05, 3.63) is 56.0 Å². The number of Topliss-reactive ketones (excluding diaryl/α,β-unsaturated/α-hetero) is 1. The van der Waals surface area contributed by atoms with Gasteiger partial charge in [0, 0.05) is 11.1 Å². The van der Waals surface area contributed by atoms with Gasteiger partial charge in [0.15, 0.2) is 5.78 Å². The van der Waals surface area contributed by atoms with E-state index in [1.165, 1.54) is 13.0 Å². The molecule has 0 atom stereocenters. The monoisotopic (exact) mass is 332 g/mol. The van der Waals surface area contributed by atoms with E-state index in [1.807, 2.05) is 0 Å². The number of benzene rings is 2. The van der Waals surface area contributed by atoms with Gasteiger partial charge in [0.25, 0.3) is 0 Å². The predicted molar refractivity (Wildman–Crippen MR) is 81.9 cm³/mol. The molecule has 0 aliphatic heterocycles. The first-order chi connectivity index (χ1) is 8.93. The first-order valence-corrected chi connectivity index (χ1v) is 6.88. The zero-order chi connectivity index (χ0) is 14.2. The van der Waals surface area contributed by atoms with Crippen LogP contribution in [0.25, 0.3) is 11.1 Å². The van der Waals surface area contributed by atoms with E-state index in [0.29, 0.717) is 21.7 Å². The lowest BCUT2D eigenvalue weighted by molar-refractivity contribution is 0.101. The number of ketones is 1. The maximum Gasteiger partial charge on any atom is 0.160 e. The second-order valence-corrected chi connectivity index (χ2v) is 5.52. The second kappa shape index (κ2) is 5.72. The van der Waals surface area contributed by atoms with Crippen LogP contribution in [0.1, 0.15) is 17.3 Å². The molecule has 0 N–H and O–H groups in total. The fourth-order valence-electron chi connectivity index (χ4n) is 1.82. The second-order valence-electron chi connectivity index (χ2n) is 3.94. The van der Waals surface area contributed by atoms with Crippen LogP contribution < -0.4 is 0 Å². The summed E-state index contributed by atoms with van der Waals surface area (Å²) < 4.78 is 0. The van der Waals surface area contributed by atoms with Crippen molar-refractivity contribution >= 4 is 52.2 Å². The molecule has 2 aromatic carbocycles. The van der Waals surface area contributed by atoms with Crippen LogP contribution in [0.4, 0.5) is 0 Å². The van der Waals surface area contributed by atoms with Crippen molar-refractivity contribution in [3.8, 4) is 11.1 Å². The predicted octanol–water partition coefficient (Wildman–Crippen LogP) is 6.17. The SMILES string of the molecule is CC(=O)c1ccccc1-c1c(Cl)cc(Cl)c(Cl)c1Cl. The normalized spacial score (nSPS) is 10.6. The highest BCUT2D eigenvalue weighted by molar-refractivity contribution is 6.51. The maximum atomic E-state index is 11.7. The van der Waals surface area contributed by atoms with E-state index in [4.69, 9.17) is 46.4 Å². The summed E-state index contributed by atoms with van der Waals surface area (Å²) in [6.07, 6.45) is 0. The van der Waals surface area contributed by atoms with Crippen LogP contribution in [0.15, 0.2) is 30.3 Å². The van der Waals surface area contributed by atoms with Crippen LogP contribution >= 0.6 is 46.4 Å². The Labute approximate surface area is 131 Å². The van der Waals surface area contributed by atoms with Gasteiger partial charge in [0.2, 0.25) is 0 Å². The molecule has 0 radical (unpaired) electrons. The molecule has 98 valence electrons. The molecule has 0 fully saturated rings. The highest BCUT2D eigenvalue weighted by Gasteiger charge is 2.18. The van der Waals surface area contributed by atoms with Gasteiger partial charge in [-0.25, -0.2) is 0 Å². The minimum absolute atomic E-state index is 0.0752. The molecule has 0 amide bonds. The fraction of sp³-hybridized carbons (Fsp3) is 0.0714. The average molecular weight is 334 g/mol. The first-order valence-electron chi connectivity index (χ1n) is 5.36. The van der Waals surface area contributed by atoms with Crippen molar-refractivity contribution in [2.75, 3.05) is 0 Å². The summed E-state index contributed by atoms with van der Waals surface area (Å²) in [5.74, 6) is -0.0752. The number of halogens is 4. The molecular weight excluding hydrogens is 326 g/mol. The largest absolute Gasteiger partial charge is 0.294 e. The van der Waals surface area contributed by atoms with Gasteiger partial charge in [0.1, 0.15) is 0 Å². The third kappa shape index (κ3) is 2.75. The summed E-state index contributed by atoms with van der Waals surface area (Å²) in [5, 5.41) is 1.10. The van der Waals surface area contributed by atoms with Gasteiger partial charge in [-0.05, 0) is 18.6 Å². The van der Waals surface area contributed by atoms with E-state index in [1.54, 1.807) is 24.3 Å². The van der Waals surface area contributed by atoms with Gasteiger partial charge < -0.3 is 0 Å². The fourth-order valence-corrected chi connectivity index (χ4v) is 2.94. The highest BCUT2D eigenvalue weighted by Crippen LogP contribution is 2.43. The Bertz CT molecular complexity index is 665. The zero-order valence-corrected chi connectivity index (χ0v) is 12.8. The molecule has 1 nitrogen and oxygen atoms in total. The number of rotatable bonds is 2. The van der Waals surface area contributed by atoms with Gasteiger partial charge in [-0.1, -0.05) is 70.7 Å². The highest BCUT2D eigenvalue weighted by atomic mass is 35.5. The third-order valence-electron chi connectivity index (χ3n) is 2.69. The molecular formula is C14H8Cl4O. The zero-order valence-electron chi connectivity index (χ0n) is 9.81. The number of hydrogen-bond acceptors (Lipinski definition) is 1. The topological polar surface area (TPSA) is 17.1 Å². The minimum Gasteiger partial charge on any atom is -0.294 e. The minimum atomic E-state index is -0.0752. The first kappa shape index (κ1) is 14.7. The standard InChI is InChI=1S/C14H8Cl4O/c1-7(19)8-4-2-3-5-9(8)12-10(15)6-11(16)13(17)14(12)18/h2-6H,1H3. The van der Waals surface area contributed by atoms with Crippen molar-refractivity contribution in [1.82, 2.24) is 0 Å².